The number of oxime groups is 1. The largest absolute Gasteiger partial charge is 0.496 e. The van der Waals surface area contributed by atoms with Crippen LogP contribution in [-0.4, -0.2) is 110 Å². The SMILES string of the molecule is C=CCO[C@@]12Oc3ccc(Oc4ccc(OC)c(C=O)c4)cc3[C@H]3[C@H](CCCCO)[C@@H](CCCCO)C=C(C(=NOCC)C[C@@H]1N(CCOCCO)C(=O)c1ccc(C#N)cc1)[C@H]32. The molecule has 6 atom stereocenters. The minimum atomic E-state index is -1.52. The molecular weight excluding hydrogens is 807 g/mol. The first kappa shape index (κ1) is 46.9. The number of methoxy groups -OCH3 is 1. The van der Waals surface area contributed by atoms with Gasteiger partial charge in [-0.25, -0.2) is 0 Å². The van der Waals surface area contributed by atoms with Crippen molar-refractivity contribution < 1.29 is 53.4 Å². The average molecular weight is 866 g/mol. The quantitative estimate of drug-likeness (QED) is 0.0363. The summed E-state index contributed by atoms with van der Waals surface area (Å²) >= 11 is 0. The van der Waals surface area contributed by atoms with Gasteiger partial charge in [0.05, 0.1) is 62.4 Å². The maximum Gasteiger partial charge on any atom is 0.254 e. The molecule has 1 saturated carbocycles. The Morgan fingerprint density at radius 1 is 1.00 bits per heavy atom. The maximum atomic E-state index is 15.0. The van der Waals surface area contributed by atoms with Crippen LogP contribution in [0.5, 0.6) is 23.0 Å². The van der Waals surface area contributed by atoms with E-state index in [2.05, 4.69) is 18.7 Å². The fourth-order valence-electron chi connectivity index (χ4n) is 9.44. The molecule has 3 aliphatic rings. The van der Waals surface area contributed by atoms with Crippen molar-refractivity contribution in [2.75, 3.05) is 59.9 Å². The second-order valence-corrected chi connectivity index (χ2v) is 15.8. The van der Waals surface area contributed by atoms with Crippen LogP contribution in [0.1, 0.15) is 89.6 Å². The summed E-state index contributed by atoms with van der Waals surface area (Å²) in [5, 5.41) is 43.7. The Kier molecular flexibility index (Phi) is 16.9. The van der Waals surface area contributed by atoms with Crippen molar-refractivity contribution in [2.24, 2.45) is 22.9 Å². The van der Waals surface area contributed by atoms with Gasteiger partial charge in [0.1, 0.15) is 35.6 Å². The van der Waals surface area contributed by atoms with Crippen LogP contribution < -0.4 is 14.2 Å². The van der Waals surface area contributed by atoms with E-state index in [9.17, 15) is 30.2 Å². The minimum Gasteiger partial charge on any atom is -0.496 e. The topological polar surface area (TPSA) is 190 Å². The van der Waals surface area contributed by atoms with Crippen LogP contribution in [0.25, 0.3) is 0 Å². The zero-order valence-electron chi connectivity index (χ0n) is 36.2. The summed E-state index contributed by atoms with van der Waals surface area (Å²) in [5.41, 5.74) is 3.48. The summed E-state index contributed by atoms with van der Waals surface area (Å²) in [4.78, 5) is 34.5. The number of hydrogen-bond acceptors (Lipinski definition) is 13. The molecule has 1 amide bonds. The maximum absolute atomic E-state index is 15.0. The first-order chi connectivity index (χ1) is 30.8. The van der Waals surface area contributed by atoms with E-state index in [1.165, 1.54) is 7.11 Å². The molecule has 0 spiro atoms. The lowest BCUT2D eigenvalue weighted by molar-refractivity contribution is -0.254. The zero-order valence-corrected chi connectivity index (χ0v) is 36.2. The number of nitrogens with zero attached hydrogens (tertiary/aromatic N) is 3. The summed E-state index contributed by atoms with van der Waals surface area (Å²) in [6.07, 6.45) is 9.11. The fourth-order valence-corrected chi connectivity index (χ4v) is 9.44. The molecule has 0 radical (unpaired) electrons. The monoisotopic (exact) mass is 865 g/mol. The molecule has 1 heterocycles. The van der Waals surface area contributed by atoms with Crippen molar-refractivity contribution in [1.29, 1.82) is 5.26 Å². The summed E-state index contributed by atoms with van der Waals surface area (Å²) in [5.74, 6) is -0.847. The molecule has 1 fully saturated rings. The van der Waals surface area contributed by atoms with E-state index in [0.717, 1.165) is 36.8 Å². The number of allylic oxidation sites excluding steroid dienone is 1. The molecule has 2 aliphatic carbocycles. The predicted octanol–water partition coefficient (Wildman–Crippen LogP) is 6.98. The minimum absolute atomic E-state index is 0.0162. The van der Waals surface area contributed by atoms with Crippen LogP contribution in [-0.2, 0) is 14.3 Å². The standard InChI is InChI=1S/C49H59N3O11/c1-4-24-60-49-45(52(20-25-59-26-23-55)48(57)34-14-12-33(31-50)13-15-34)30-42(51-61-5-2)40-28-35(10-6-8-21-53)39(11-7-9-22-54)46(47(40)49)41-29-38(17-19-44(41)63-49)62-37-16-18-43(58-3)36(27-37)32-56/h4,12-19,27-29,32,35,39,45-47,53-55H,1,5-11,20-26,30H2,2-3H3/t35-,39+,45-,46+,47+,49+/m0/s1. The van der Waals surface area contributed by atoms with E-state index >= 15 is 0 Å². The normalized spacial score (nSPS) is 22.7. The Hall–Kier alpha value is -5.56. The van der Waals surface area contributed by atoms with Gasteiger partial charge in [0, 0.05) is 43.2 Å². The number of aliphatic hydroxyl groups is 3. The van der Waals surface area contributed by atoms with Gasteiger partial charge in [-0.1, -0.05) is 30.1 Å². The number of aliphatic hydroxyl groups excluding tert-OH is 3. The Balaban J connectivity index is 1.59. The number of nitriles is 1. The lowest BCUT2D eigenvalue weighted by Gasteiger charge is -2.60. The van der Waals surface area contributed by atoms with E-state index in [4.69, 9.17) is 33.7 Å². The third-order valence-corrected chi connectivity index (χ3v) is 12.1. The van der Waals surface area contributed by atoms with Gasteiger partial charge in [0.25, 0.3) is 5.91 Å². The van der Waals surface area contributed by atoms with E-state index in [1.54, 1.807) is 59.5 Å². The van der Waals surface area contributed by atoms with Crippen LogP contribution in [0.15, 0.2) is 90.1 Å². The molecule has 3 aromatic carbocycles. The molecule has 0 aromatic heterocycles. The second-order valence-electron chi connectivity index (χ2n) is 15.8. The number of carbonyl (C=O) groups is 2. The van der Waals surface area contributed by atoms with Crippen molar-refractivity contribution in [2.45, 2.75) is 69.6 Å². The van der Waals surface area contributed by atoms with Gasteiger partial charge in [0.2, 0.25) is 5.79 Å². The van der Waals surface area contributed by atoms with E-state index < -0.39 is 17.7 Å². The highest BCUT2D eigenvalue weighted by Crippen LogP contribution is 2.62. The Labute approximate surface area is 369 Å². The molecular formula is C49H59N3O11. The Morgan fingerprint density at radius 3 is 2.43 bits per heavy atom. The molecule has 6 rings (SSSR count). The van der Waals surface area contributed by atoms with E-state index in [-0.39, 0.29) is 76.3 Å². The highest BCUT2D eigenvalue weighted by molar-refractivity contribution is 6.03. The predicted molar refractivity (Wildman–Crippen MR) is 235 cm³/mol. The fraction of sp³-hybridized carbons (Fsp3) is 0.469. The molecule has 0 bridgehead atoms. The lowest BCUT2D eigenvalue weighted by Crippen LogP contribution is -2.70. The molecule has 14 nitrogen and oxygen atoms in total. The van der Waals surface area contributed by atoms with E-state index in [1.807, 2.05) is 19.1 Å². The van der Waals surface area contributed by atoms with Gasteiger partial charge in [-0.2, -0.15) is 5.26 Å². The average Bonchev–Trinajstić information content (AvgIpc) is 3.31. The number of rotatable bonds is 24. The summed E-state index contributed by atoms with van der Waals surface area (Å²) in [6, 6.07) is 18.4. The summed E-state index contributed by atoms with van der Waals surface area (Å²) in [6.45, 7) is 6.43. The van der Waals surface area contributed by atoms with Gasteiger partial charge in [-0.3, -0.25) is 9.59 Å². The molecule has 0 saturated heterocycles. The van der Waals surface area contributed by atoms with Crippen molar-refractivity contribution in [3.05, 3.63) is 107 Å². The molecule has 1 aliphatic heterocycles. The van der Waals surface area contributed by atoms with Crippen LogP contribution in [0.3, 0.4) is 0 Å². The summed E-state index contributed by atoms with van der Waals surface area (Å²) in [7, 11) is 1.50. The highest BCUT2D eigenvalue weighted by atomic mass is 16.7. The van der Waals surface area contributed by atoms with Crippen LogP contribution in [0.2, 0.25) is 0 Å². The Morgan fingerprint density at radius 2 is 1.75 bits per heavy atom. The highest BCUT2D eigenvalue weighted by Gasteiger charge is 2.65. The van der Waals surface area contributed by atoms with Crippen molar-refractivity contribution in [1.82, 2.24) is 4.90 Å². The van der Waals surface area contributed by atoms with Gasteiger partial charge in [0.15, 0.2) is 6.29 Å². The second kappa shape index (κ2) is 22.7. The molecule has 0 unspecified atom stereocenters. The molecule has 63 heavy (non-hydrogen) atoms. The van der Waals surface area contributed by atoms with Gasteiger partial charge >= 0.3 is 0 Å². The van der Waals surface area contributed by atoms with Gasteiger partial charge in [-0.15, -0.1) is 6.58 Å². The number of amides is 1. The van der Waals surface area contributed by atoms with Crippen molar-refractivity contribution in [3.63, 3.8) is 0 Å². The number of hydrogen-bond donors (Lipinski definition) is 3. The lowest BCUT2D eigenvalue weighted by atomic mass is 9.55. The smallest absolute Gasteiger partial charge is 0.254 e. The number of aldehydes is 1. The third kappa shape index (κ3) is 10.5. The third-order valence-electron chi connectivity index (χ3n) is 12.1. The van der Waals surface area contributed by atoms with Gasteiger partial charge in [-0.05, 0) is 111 Å². The van der Waals surface area contributed by atoms with Crippen LogP contribution in [0, 0.1) is 29.1 Å². The molecule has 3 N–H and O–H groups in total. The molecule has 14 heteroatoms. The van der Waals surface area contributed by atoms with Crippen LogP contribution in [0.4, 0.5) is 0 Å². The summed E-state index contributed by atoms with van der Waals surface area (Å²) < 4.78 is 32.0. The first-order valence-electron chi connectivity index (χ1n) is 21.8. The first-order valence-corrected chi connectivity index (χ1v) is 21.8. The number of carbonyl (C=O) groups excluding carboxylic acids is 2. The molecule has 3 aromatic rings. The van der Waals surface area contributed by atoms with E-state index in [0.29, 0.717) is 71.1 Å². The van der Waals surface area contributed by atoms with Crippen molar-refractivity contribution >= 4 is 17.9 Å². The Bertz CT molecular complexity index is 2130. The number of unbranched alkanes of at least 4 members (excludes halogenated alkanes) is 2. The van der Waals surface area contributed by atoms with Crippen LogP contribution >= 0.6 is 0 Å². The number of benzene rings is 3. The van der Waals surface area contributed by atoms with Gasteiger partial charge < -0.3 is 48.7 Å². The number of fused-ring (bicyclic) bond motifs is 2. The molecule has 336 valence electrons. The van der Waals surface area contributed by atoms with Crippen molar-refractivity contribution in [3.8, 4) is 29.1 Å². The zero-order chi connectivity index (χ0) is 44.8. The number of ether oxygens (including phenoxy) is 5.